The number of aliphatic hydroxyl groups excluding tert-OH is 2. The second-order valence-corrected chi connectivity index (χ2v) is 5.99. The molecule has 0 radical (unpaired) electrons. The Labute approximate surface area is 118 Å². The van der Waals surface area contributed by atoms with Gasteiger partial charge in [0, 0.05) is 11.8 Å². The lowest BCUT2D eigenvalue weighted by atomic mass is 9.81. The molecule has 2 N–H and O–H groups in total. The largest absolute Gasteiger partial charge is 0.392 e. The summed E-state index contributed by atoms with van der Waals surface area (Å²) in [5.41, 5.74) is 4.87. The topological polar surface area (TPSA) is 40.5 Å². The summed E-state index contributed by atoms with van der Waals surface area (Å²) in [6.07, 6.45) is 0.620. The number of benzene rings is 2. The summed E-state index contributed by atoms with van der Waals surface area (Å²) in [5, 5.41) is 21.0. The van der Waals surface area contributed by atoms with Crippen LogP contribution >= 0.6 is 0 Å². The molecule has 2 heteroatoms. The van der Waals surface area contributed by atoms with Crippen molar-refractivity contribution in [1.82, 2.24) is 0 Å². The molecule has 0 heterocycles. The Kier molecular flexibility index (Phi) is 2.69. The molecule has 4 rings (SSSR count). The van der Waals surface area contributed by atoms with Crippen molar-refractivity contribution in [3.63, 3.8) is 0 Å². The first-order valence-corrected chi connectivity index (χ1v) is 7.27. The smallest absolute Gasteiger partial charge is 0.0656 e. The number of rotatable bonds is 1. The second kappa shape index (κ2) is 4.44. The van der Waals surface area contributed by atoms with E-state index in [0.29, 0.717) is 12.8 Å². The molecule has 20 heavy (non-hydrogen) atoms. The van der Waals surface area contributed by atoms with Crippen LogP contribution in [-0.2, 0) is 12.8 Å². The van der Waals surface area contributed by atoms with Gasteiger partial charge in [-0.15, -0.1) is 0 Å². The van der Waals surface area contributed by atoms with Crippen LogP contribution in [0.1, 0.15) is 34.1 Å². The van der Waals surface area contributed by atoms with Gasteiger partial charge in [0.1, 0.15) is 0 Å². The van der Waals surface area contributed by atoms with Crippen LogP contribution in [0.5, 0.6) is 0 Å². The van der Waals surface area contributed by atoms with Crippen LogP contribution in [-0.4, -0.2) is 22.4 Å². The highest BCUT2D eigenvalue weighted by Gasteiger charge is 2.44. The van der Waals surface area contributed by atoms with Gasteiger partial charge in [-0.1, -0.05) is 48.5 Å². The zero-order chi connectivity index (χ0) is 13.7. The van der Waals surface area contributed by atoms with Crippen LogP contribution < -0.4 is 0 Å². The van der Waals surface area contributed by atoms with E-state index in [1.807, 2.05) is 24.3 Å². The molecule has 0 aromatic heterocycles. The van der Waals surface area contributed by atoms with Gasteiger partial charge >= 0.3 is 0 Å². The van der Waals surface area contributed by atoms with Crippen LogP contribution in [0, 0.1) is 0 Å². The molecule has 2 nitrogen and oxygen atoms in total. The summed E-state index contributed by atoms with van der Waals surface area (Å²) >= 11 is 0. The molecule has 0 unspecified atom stereocenters. The van der Waals surface area contributed by atoms with E-state index in [1.165, 1.54) is 22.3 Å². The van der Waals surface area contributed by atoms with Gasteiger partial charge in [0.05, 0.1) is 12.2 Å². The van der Waals surface area contributed by atoms with Gasteiger partial charge in [-0.2, -0.15) is 0 Å². The zero-order valence-corrected chi connectivity index (χ0v) is 11.2. The van der Waals surface area contributed by atoms with Gasteiger partial charge < -0.3 is 10.2 Å². The van der Waals surface area contributed by atoms with E-state index in [9.17, 15) is 10.2 Å². The number of aliphatic hydroxyl groups is 2. The Morgan fingerprint density at radius 3 is 1.50 bits per heavy atom. The average molecular weight is 266 g/mol. The quantitative estimate of drug-likeness (QED) is 0.832. The van der Waals surface area contributed by atoms with E-state index >= 15 is 0 Å². The van der Waals surface area contributed by atoms with Crippen molar-refractivity contribution in [1.29, 1.82) is 0 Å². The molecular weight excluding hydrogens is 248 g/mol. The minimum Gasteiger partial charge on any atom is -0.392 e. The summed E-state index contributed by atoms with van der Waals surface area (Å²) < 4.78 is 0. The van der Waals surface area contributed by atoms with Crippen LogP contribution in [0.25, 0.3) is 0 Å². The highest BCUT2D eigenvalue weighted by Crippen LogP contribution is 2.48. The maximum Gasteiger partial charge on any atom is 0.0656 e. The Morgan fingerprint density at radius 2 is 1.05 bits per heavy atom. The van der Waals surface area contributed by atoms with Crippen molar-refractivity contribution in [2.45, 2.75) is 36.9 Å². The lowest BCUT2D eigenvalue weighted by Crippen LogP contribution is -2.26. The van der Waals surface area contributed by atoms with Gasteiger partial charge in [0.15, 0.2) is 0 Å². The van der Waals surface area contributed by atoms with Crippen molar-refractivity contribution in [3.8, 4) is 0 Å². The predicted octanol–water partition coefficient (Wildman–Crippen LogP) is 2.39. The van der Waals surface area contributed by atoms with E-state index in [2.05, 4.69) is 24.3 Å². The predicted molar refractivity (Wildman–Crippen MR) is 77.8 cm³/mol. The molecule has 2 aliphatic rings. The fourth-order valence-electron chi connectivity index (χ4n) is 4.08. The Balaban J connectivity index is 1.82. The molecule has 2 aromatic rings. The Morgan fingerprint density at radius 1 is 0.650 bits per heavy atom. The number of hydrogen-bond donors (Lipinski definition) is 2. The van der Waals surface area contributed by atoms with Gasteiger partial charge in [0.25, 0.3) is 0 Å². The molecular formula is C18H18O2. The fraction of sp³-hybridized carbons (Fsp3) is 0.333. The third kappa shape index (κ3) is 1.65. The van der Waals surface area contributed by atoms with Crippen LogP contribution in [0.3, 0.4) is 0 Å². The summed E-state index contributed by atoms with van der Waals surface area (Å²) in [6, 6.07) is 16.5. The summed E-state index contributed by atoms with van der Waals surface area (Å²) in [6.45, 7) is 0. The van der Waals surface area contributed by atoms with Crippen molar-refractivity contribution in [2.24, 2.45) is 0 Å². The molecule has 2 aliphatic carbocycles. The highest BCUT2D eigenvalue weighted by atomic mass is 16.3. The van der Waals surface area contributed by atoms with E-state index in [1.54, 1.807) is 0 Å². The third-order valence-corrected chi connectivity index (χ3v) is 4.90. The molecule has 2 aromatic carbocycles. The maximum absolute atomic E-state index is 10.5. The first kappa shape index (κ1) is 12.1. The number of hydrogen-bond acceptors (Lipinski definition) is 2. The van der Waals surface area contributed by atoms with Crippen molar-refractivity contribution in [3.05, 3.63) is 70.8 Å². The molecule has 0 aliphatic heterocycles. The summed E-state index contributed by atoms with van der Waals surface area (Å²) in [4.78, 5) is 0. The standard InChI is InChI=1S/C18H18O2/c19-15-9-11-5-1-3-7-13(11)17(15)18-14-8-4-2-6-12(14)10-16(18)20/h1-8,15-20H,9-10H2/t15-,16-,17-,18-/m0/s1. The zero-order valence-electron chi connectivity index (χ0n) is 11.2. The maximum atomic E-state index is 10.5. The van der Waals surface area contributed by atoms with Gasteiger partial charge in [-0.25, -0.2) is 0 Å². The summed E-state index contributed by atoms with van der Waals surface area (Å²) in [5.74, 6) is 0.0368. The van der Waals surface area contributed by atoms with Crippen LogP contribution in [0.4, 0.5) is 0 Å². The van der Waals surface area contributed by atoms with E-state index < -0.39 is 12.2 Å². The Hall–Kier alpha value is -1.64. The van der Waals surface area contributed by atoms with Crippen molar-refractivity contribution >= 4 is 0 Å². The molecule has 0 fully saturated rings. The van der Waals surface area contributed by atoms with Gasteiger partial charge in [0.2, 0.25) is 0 Å². The monoisotopic (exact) mass is 266 g/mol. The van der Waals surface area contributed by atoms with Crippen molar-refractivity contribution in [2.75, 3.05) is 0 Å². The van der Waals surface area contributed by atoms with E-state index in [0.717, 1.165) is 0 Å². The Bertz CT molecular complexity index is 592. The number of fused-ring (bicyclic) bond motifs is 2. The summed E-state index contributed by atoms with van der Waals surface area (Å²) in [7, 11) is 0. The highest BCUT2D eigenvalue weighted by molar-refractivity contribution is 5.45. The van der Waals surface area contributed by atoms with E-state index in [4.69, 9.17) is 0 Å². The SMILES string of the molecule is O[C@H]1Cc2ccccc2[C@@H]1[C@H]1c2ccccc2C[C@@H]1O. The molecule has 0 spiro atoms. The van der Waals surface area contributed by atoms with Crippen molar-refractivity contribution < 1.29 is 10.2 Å². The van der Waals surface area contributed by atoms with Gasteiger partial charge in [-0.3, -0.25) is 0 Å². The minimum atomic E-state index is -0.391. The van der Waals surface area contributed by atoms with E-state index in [-0.39, 0.29) is 11.8 Å². The third-order valence-electron chi connectivity index (χ3n) is 4.90. The molecule has 0 saturated carbocycles. The molecule has 0 amide bonds. The normalized spacial score (nSPS) is 31.1. The average Bonchev–Trinajstić information content (AvgIpc) is 2.94. The van der Waals surface area contributed by atoms with Crippen LogP contribution in [0.2, 0.25) is 0 Å². The first-order valence-electron chi connectivity index (χ1n) is 7.27. The first-order chi connectivity index (χ1) is 9.75. The molecule has 0 bridgehead atoms. The molecule has 102 valence electrons. The lowest BCUT2D eigenvalue weighted by molar-refractivity contribution is 0.0900. The molecule has 0 saturated heterocycles. The lowest BCUT2D eigenvalue weighted by Gasteiger charge is -2.27. The second-order valence-electron chi connectivity index (χ2n) is 5.99. The molecule has 4 atom stereocenters. The minimum absolute atomic E-state index is 0.0184. The van der Waals surface area contributed by atoms with Gasteiger partial charge in [-0.05, 0) is 35.1 Å². The van der Waals surface area contributed by atoms with Crippen LogP contribution in [0.15, 0.2) is 48.5 Å². The fourth-order valence-corrected chi connectivity index (χ4v) is 4.08.